The lowest BCUT2D eigenvalue weighted by atomic mass is 10.0. The van der Waals surface area contributed by atoms with E-state index in [0.29, 0.717) is 6.42 Å². The summed E-state index contributed by atoms with van der Waals surface area (Å²) in [6.45, 7) is -0.396. The van der Waals surface area contributed by atoms with Crippen molar-refractivity contribution in [1.82, 2.24) is 5.32 Å². The van der Waals surface area contributed by atoms with Crippen molar-refractivity contribution in [3.8, 4) is 5.75 Å². The van der Waals surface area contributed by atoms with Crippen LogP contribution >= 0.6 is 11.8 Å². The van der Waals surface area contributed by atoms with Crippen LogP contribution in [0.5, 0.6) is 5.75 Å². The van der Waals surface area contributed by atoms with Gasteiger partial charge >= 0.3 is 0 Å². The number of halogens is 2. The second-order valence-corrected chi connectivity index (χ2v) is 8.29. The molecule has 2 amide bonds. The minimum atomic E-state index is -0.556. The average Bonchev–Trinajstić information content (AvgIpc) is 2.80. The Morgan fingerprint density at radius 1 is 1.03 bits per heavy atom. The Bertz CT molecular complexity index is 1160. The molecule has 1 heterocycles. The predicted octanol–water partition coefficient (Wildman–Crippen LogP) is 4.95. The van der Waals surface area contributed by atoms with E-state index in [0.717, 1.165) is 16.2 Å². The number of rotatable bonds is 6. The van der Waals surface area contributed by atoms with Gasteiger partial charge in [0.15, 0.2) is 6.61 Å². The van der Waals surface area contributed by atoms with Crippen molar-refractivity contribution in [2.75, 3.05) is 17.7 Å². The highest BCUT2D eigenvalue weighted by atomic mass is 32.2. The Hall–Kier alpha value is -3.39. The molecule has 0 aromatic heterocycles. The number of nitrogens with one attached hydrogen (secondary N) is 2. The first-order valence-corrected chi connectivity index (χ1v) is 11.0. The summed E-state index contributed by atoms with van der Waals surface area (Å²) in [5.41, 5.74) is 1.05. The molecule has 32 heavy (non-hydrogen) atoms. The van der Waals surface area contributed by atoms with Crippen molar-refractivity contribution in [1.29, 1.82) is 0 Å². The summed E-state index contributed by atoms with van der Waals surface area (Å²) in [5, 5.41) is 5.38. The molecule has 164 valence electrons. The minimum Gasteiger partial charge on any atom is -0.483 e. The molecule has 8 heteroatoms. The molecule has 0 aliphatic carbocycles. The van der Waals surface area contributed by atoms with Crippen molar-refractivity contribution in [2.45, 2.75) is 17.4 Å². The Labute approximate surface area is 188 Å². The molecule has 0 fully saturated rings. The molecule has 3 aromatic rings. The van der Waals surface area contributed by atoms with Crippen LogP contribution in [-0.2, 0) is 4.79 Å². The molecule has 0 bridgehead atoms. The van der Waals surface area contributed by atoms with Gasteiger partial charge in [0, 0.05) is 10.6 Å². The van der Waals surface area contributed by atoms with E-state index in [1.807, 2.05) is 0 Å². The Morgan fingerprint density at radius 2 is 1.81 bits per heavy atom. The zero-order valence-electron chi connectivity index (χ0n) is 16.9. The minimum absolute atomic E-state index is 0.0493. The number of para-hydroxylation sites is 2. The van der Waals surface area contributed by atoms with Gasteiger partial charge in [0.1, 0.15) is 17.4 Å². The first kappa shape index (κ1) is 21.8. The van der Waals surface area contributed by atoms with Crippen LogP contribution in [0.3, 0.4) is 0 Å². The molecule has 0 saturated carbocycles. The zero-order valence-corrected chi connectivity index (χ0v) is 17.8. The van der Waals surface area contributed by atoms with Crippen molar-refractivity contribution < 1.29 is 23.1 Å². The Morgan fingerprint density at radius 3 is 2.66 bits per heavy atom. The number of thioether (sulfide) groups is 1. The number of amides is 2. The van der Waals surface area contributed by atoms with Crippen molar-refractivity contribution in [2.24, 2.45) is 0 Å². The molecular formula is C24H20F2N2O3S. The van der Waals surface area contributed by atoms with Crippen LogP contribution in [-0.4, -0.2) is 24.2 Å². The predicted molar refractivity (Wildman–Crippen MR) is 119 cm³/mol. The van der Waals surface area contributed by atoms with Gasteiger partial charge in [-0.2, -0.15) is 0 Å². The number of hydrogen-bond donors (Lipinski definition) is 2. The van der Waals surface area contributed by atoms with Gasteiger partial charge in [0.05, 0.1) is 17.3 Å². The van der Waals surface area contributed by atoms with Crippen molar-refractivity contribution >= 4 is 29.3 Å². The number of hydrogen-bond acceptors (Lipinski definition) is 4. The summed E-state index contributed by atoms with van der Waals surface area (Å²) >= 11 is 1.63. The van der Waals surface area contributed by atoms with Crippen molar-refractivity contribution in [3.05, 3.63) is 89.5 Å². The third-order valence-corrected chi connectivity index (χ3v) is 6.08. The third-order valence-electron chi connectivity index (χ3n) is 4.96. The van der Waals surface area contributed by atoms with Gasteiger partial charge in [0.2, 0.25) is 0 Å². The van der Waals surface area contributed by atoms with E-state index in [1.165, 1.54) is 30.3 Å². The maximum Gasteiger partial charge on any atom is 0.262 e. The van der Waals surface area contributed by atoms with Crippen LogP contribution in [0.15, 0.2) is 71.6 Å². The number of carbonyl (C=O) groups is 2. The fraction of sp³-hybridized carbons (Fsp3) is 0.167. The molecule has 4 rings (SSSR count). The largest absolute Gasteiger partial charge is 0.483 e. The van der Waals surface area contributed by atoms with Gasteiger partial charge in [-0.05, 0) is 54.4 Å². The Balaban J connectivity index is 1.43. The van der Waals surface area contributed by atoms with Crippen LogP contribution in [0.2, 0.25) is 0 Å². The molecular weight excluding hydrogens is 434 g/mol. The summed E-state index contributed by atoms with van der Waals surface area (Å²) in [7, 11) is 0. The van der Waals surface area contributed by atoms with E-state index in [1.54, 1.807) is 48.2 Å². The van der Waals surface area contributed by atoms with Crippen LogP contribution in [0.25, 0.3) is 0 Å². The maximum absolute atomic E-state index is 13.7. The molecule has 1 unspecified atom stereocenters. The molecule has 0 spiro atoms. The van der Waals surface area contributed by atoms with E-state index in [2.05, 4.69) is 10.6 Å². The fourth-order valence-corrected chi connectivity index (χ4v) is 4.53. The lowest BCUT2D eigenvalue weighted by Crippen LogP contribution is -2.31. The highest BCUT2D eigenvalue weighted by molar-refractivity contribution is 7.99. The highest BCUT2D eigenvalue weighted by Crippen LogP contribution is 2.36. The number of carbonyl (C=O) groups excluding carboxylic acids is 2. The maximum atomic E-state index is 13.7. The normalized spacial score (nSPS) is 14.9. The van der Waals surface area contributed by atoms with E-state index in [-0.39, 0.29) is 34.8 Å². The first-order valence-electron chi connectivity index (χ1n) is 10.0. The SMILES string of the molecule is O=C(COc1ccccc1C(=O)NC1CCSc2ccc(F)cc21)Nc1ccccc1F. The van der Waals surface area contributed by atoms with Gasteiger partial charge in [-0.15, -0.1) is 11.8 Å². The summed E-state index contributed by atoms with van der Waals surface area (Å²) < 4.78 is 33.0. The summed E-state index contributed by atoms with van der Waals surface area (Å²) in [5.74, 6) is -0.824. The average molecular weight is 454 g/mol. The van der Waals surface area contributed by atoms with E-state index >= 15 is 0 Å². The number of ether oxygens (including phenoxy) is 1. The molecule has 1 atom stereocenters. The number of anilines is 1. The molecule has 1 aliphatic rings. The first-order chi connectivity index (χ1) is 15.5. The van der Waals surface area contributed by atoms with Gasteiger partial charge in [-0.1, -0.05) is 24.3 Å². The van der Waals surface area contributed by atoms with Gasteiger partial charge in [-0.25, -0.2) is 8.78 Å². The summed E-state index contributed by atoms with van der Waals surface area (Å²) in [6.07, 6.45) is 0.668. The smallest absolute Gasteiger partial charge is 0.262 e. The Kier molecular flexibility index (Phi) is 6.70. The quantitative estimate of drug-likeness (QED) is 0.553. The summed E-state index contributed by atoms with van der Waals surface area (Å²) in [6, 6.07) is 16.6. The monoisotopic (exact) mass is 454 g/mol. The third kappa shape index (κ3) is 5.08. The van der Waals surface area contributed by atoms with Crippen LogP contribution in [0.4, 0.5) is 14.5 Å². The summed E-state index contributed by atoms with van der Waals surface area (Å²) in [4.78, 5) is 26.1. The number of benzene rings is 3. The molecule has 2 N–H and O–H groups in total. The molecule has 0 saturated heterocycles. The highest BCUT2D eigenvalue weighted by Gasteiger charge is 2.24. The second kappa shape index (κ2) is 9.82. The molecule has 0 radical (unpaired) electrons. The van der Waals surface area contributed by atoms with E-state index in [4.69, 9.17) is 4.74 Å². The number of fused-ring (bicyclic) bond motifs is 1. The van der Waals surface area contributed by atoms with Crippen molar-refractivity contribution in [3.63, 3.8) is 0 Å². The molecule has 1 aliphatic heterocycles. The van der Waals surface area contributed by atoms with E-state index in [9.17, 15) is 18.4 Å². The lowest BCUT2D eigenvalue weighted by molar-refractivity contribution is -0.118. The van der Waals surface area contributed by atoms with Crippen LogP contribution < -0.4 is 15.4 Å². The molecule has 3 aromatic carbocycles. The van der Waals surface area contributed by atoms with Gasteiger partial charge in [0.25, 0.3) is 11.8 Å². The van der Waals surface area contributed by atoms with Gasteiger partial charge < -0.3 is 15.4 Å². The zero-order chi connectivity index (χ0) is 22.5. The standard InChI is InChI=1S/C24H20F2N2O3S/c25-15-9-10-22-17(13-15)19(11-12-32-22)28-24(30)16-5-1-4-8-21(16)31-14-23(29)27-20-7-3-2-6-18(20)26/h1-10,13,19H,11-12,14H2,(H,27,29)(H,28,30). The lowest BCUT2D eigenvalue weighted by Gasteiger charge is -2.26. The fourth-order valence-electron chi connectivity index (χ4n) is 3.42. The van der Waals surface area contributed by atoms with Crippen LogP contribution in [0.1, 0.15) is 28.4 Å². The molecule has 5 nitrogen and oxygen atoms in total. The second-order valence-electron chi connectivity index (χ2n) is 7.16. The van der Waals surface area contributed by atoms with Crippen LogP contribution in [0, 0.1) is 11.6 Å². The topological polar surface area (TPSA) is 67.4 Å². The van der Waals surface area contributed by atoms with E-state index < -0.39 is 18.3 Å². The van der Waals surface area contributed by atoms with Gasteiger partial charge in [-0.3, -0.25) is 9.59 Å².